The highest BCUT2D eigenvalue weighted by Crippen LogP contribution is 2.39. The first kappa shape index (κ1) is 16.5. The number of likely N-dealkylation sites (tertiary alicyclic amines) is 2. The highest BCUT2D eigenvalue weighted by molar-refractivity contribution is 5.79. The fraction of sp³-hybridized carbons (Fsp3) is 0.765. The Morgan fingerprint density at radius 2 is 2.17 bits per heavy atom. The standard InChI is InChI=1S/C17H28N4O2/c1-19-14-18-12-15(19)13-20-8-3-5-17(7-9-20)6-4-16(22)21(17)10-11-23-2/h12,14H,3-11,13H2,1-2H3. The van der Waals surface area contributed by atoms with Gasteiger partial charge in [-0.1, -0.05) is 0 Å². The zero-order valence-electron chi connectivity index (χ0n) is 14.3. The predicted molar refractivity (Wildman–Crippen MR) is 87.9 cm³/mol. The molecule has 128 valence electrons. The van der Waals surface area contributed by atoms with Gasteiger partial charge in [0.25, 0.3) is 0 Å². The average molecular weight is 320 g/mol. The number of aromatic nitrogens is 2. The molecule has 0 aliphatic carbocycles. The Hall–Kier alpha value is -1.40. The van der Waals surface area contributed by atoms with Gasteiger partial charge in [-0.05, 0) is 32.2 Å². The maximum Gasteiger partial charge on any atom is 0.223 e. The van der Waals surface area contributed by atoms with Gasteiger partial charge in [0.15, 0.2) is 0 Å². The quantitative estimate of drug-likeness (QED) is 0.823. The van der Waals surface area contributed by atoms with Gasteiger partial charge in [-0.25, -0.2) is 4.98 Å². The van der Waals surface area contributed by atoms with E-state index in [0.29, 0.717) is 18.9 Å². The Morgan fingerprint density at radius 1 is 1.30 bits per heavy atom. The molecule has 1 aromatic rings. The minimum Gasteiger partial charge on any atom is -0.383 e. The molecule has 1 aromatic heterocycles. The molecule has 6 nitrogen and oxygen atoms in total. The van der Waals surface area contributed by atoms with Crippen LogP contribution in [-0.4, -0.2) is 64.1 Å². The Balaban J connectivity index is 1.65. The highest BCUT2D eigenvalue weighted by atomic mass is 16.5. The van der Waals surface area contributed by atoms with Gasteiger partial charge in [0.2, 0.25) is 5.91 Å². The molecule has 0 aromatic carbocycles. The molecule has 0 N–H and O–H groups in total. The van der Waals surface area contributed by atoms with Crippen LogP contribution in [0.2, 0.25) is 0 Å². The Bertz CT molecular complexity index is 544. The number of rotatable bonds is 5. The number of ether oxygens (including phenoxy) is 1. The second kappa shape index (κ2) is 7.01. The van der Waals surface area contributed by atoms with Crippen molar-refractivity contribution in [1.82, 2.24) is 19.4 Å². The summed E-state index contributed by atoms with van der Waals surface area (Å²) in [5, 5.41) is 0. The normalized spacial score (nSPS) is 26.2. The summed E-state index contributed by atoms with van der Waals surface area (Å²) in [7, 11) is 3.75. The van der Waals surface area contributed by atoms with E-state index >= 15 is 0 Å². The molecule has 1 unspecified atom stereocenters. The first-order chi connectivity index (χ1) is 11.1. The SMILES string of the molecule is COCCN1C(=O)CCC12CCCN(Cc1cncn1C)CC2. The first-order valence-electron chi connectivity index (χ1n) is 8.62. The zero-order chi connectivity index (χ0) is 16.3. The van der Waals surface area contributed by atoms with Crippen molar-refractivity contribution in [3.05, 3.63) is 18.2 Å². The minimum atomic E-state index is 0.0663. The number of imidazole rings is 1. The highest BCUT2D eigenvalue weighted by Gasteiger charge is 2.45. The van der Waals surface area contributed by atoms with Gasteiger partial charge >= 0.3 is 0 Å². The molecule has 0 radical (unpaired) electrons. The molecule has 2 fully saturated rings. The van der Waals surface area contributed by atoms with E-state index in [1.165, 1.54) is 5.69 Å². The molecule has 2 saturated heterocycles. The van der Waals surface area contributed by atoms with E-state index in [2.05, 4.69) is 19.4 Å². The van der Waals surface area contributed by atoms with Crippen molar-refractivity contribution in [2.24, 2.45) is 7.05 Å². The number of carbonyl (C=O) groups is 1. The Kier molecular flexibility index (Phi) is 5.02. The van der Waals surface area contributed by atoms with Crippen LogP contribution in [0.5, 0.6) is 0 Å². The summed E-state index contributed by atoms with van der Waals surface area (Å²) in [6, 6.07) is 0. The molecular formula is C17H28N4O2. The van der Waals surface area contributed by atoms with E-state index in [4.69, 9.17) is 4.74 Å². The fourth-order valence-electron chi connectivity index (χ4n) is 4.10. The van der Waals surface area contributed by atoms with Crippen molar-refractivity contribution in [1.29, 1.82) is 0 Å². The molecule has 1 amide bonds. The van der Waals surface area contributed by atoms with Crippen LogP contribution in [0.25, 0.3) is 0 Å². The third kappa shape index (κ3) is 3.43. The Morgan fingerprint density at radius 3 is 2.91 bits per heavy atom. The number of methoxy groups -OCH3 is 1. The maximum atomic E-state index is 12.3. The van der Waals surface area contributed by atoms with Crippen molar-refractivity contribution < 1.29 is 9.53 Å². The lowest BCUT2D eigenvalue weighted by Gasteiger charge is -2.38. The molecule has 3 rings (SSSR count). The third-order valence-corrected chi connectivity index (χ3v) is 5.51. The lowest BCUT2D eigenvalue weighted by molar-refractivity contribution is -0.132. The number of aryl methyl sites for hydroxylation is 1. The van der Waals surface area contributed by atoms with Crippen LogP contribution in [0.15, 0.2) is 12.5 Å². The van der Waals surface area contributed by atoms with Gasteiger partial charge < -0.3 is 14.2 Å². The summed E-state index contributed by atoms with van der Waals surface area (Å²) in [4.78, 5) is 21.1. The van der Waals surface area contributed by atoms with Gasteiger partial charge in [0.1, 0.15) is 0 Å². The minimum absolute atomic E-state index is 0.0663. The summed E-state index contributed by atoms with van der Waals surface area (Å²) in [5.74, 6) is 0.308. The molecule has 1 spiro atoms. The number of hydrogen-bond donors (Lipinski definition) is 0. The third-order valence-electron chi connectivity index (χ3n) is 5.51. The van der Waals surface area contributed by atoms with Gasteiger partial charge in [0.05, 0.1) is 18.6 Å². The monoisotopic (exact) mass is 320 g/mol. The molecule has 6 heteroatoms. The van der Waals surface area contributed by atoms with Crippen LogP contribution < -0.4 is 0 Å². The van der Waals surface area contributed by atoms with E-state index in [1.54, 1.807) is 7.11 Å². The summed E-state index contributed by atoms with van der Waals surface area (Å²) < 4.78 is 7.30. The van der Waals surface area contributed by atoms with Crippen LogP contribution >= 0.6 is 0 Å². The van der Waals surface area contributed by atoms with Crippen molar-refractivity contribution in [3.63, 3.8) is 0 Å². The van der Waals surface area contributed by atoms with Crippen LogP contribution in [0.3, 0.4) is 0 Å². The van der Waals surface area contributed by atoms with E-state index in [0.717, 1.165) is 51.9 Å². The molecule has 2 aliphatic rings. The van der Waals surface area contributed by atoms with Crippen molar-refractivity contribution in [3.8, 4) is 0 Å². The number of hydrogen-bond acceptors (Lipinski definition) is 4. The lowest BCUT2D eigenvalue weighted by Crippen LogP contribution is -2.47. The summed E-state index contributed by atoms with van der Waals surface area (Å²) >= 11 is 0. The predicted octanol–water partition coefficient (Wildman–Crippen LogP) is 1.41. The molecule has 0 saturated carbocycles. The van der Waals surface area contributed by atoms with Crippen molar-refractivity contribution in [2.75, 3.05) is 33.4 Å². The van der Waals surface area contributed by atoms with E-state index in [9.17, 15) is 4.79 Å². The van der Waals surface area contributed by atoms with E-state index in [1.807, 2.05) is 19.6 Å². The molecular weight excluding hydrogens is 292 g/mol. The average Bonchev–Trinajstić information content (AvgIpc) is 2.99. The number of nitrogens with zero attached hydrogens (tertiary/aromatic N) is 4. The number of carbonyl (C=O) groups excluding carboxylic acids is 1. The fourth-order valence-corrected chi connectivity index (χ4v) is 4.10. The van der Waals surface area contributed by atoms with Crippen molar-refractivity contribution >= 4 is 5.91 Å². The first-order valence-corrected chi connectivity index (χ1v) is 8.62. The summed E-state index contributed by atoms with van der Waals surface area (Å²) in [6.45, 7) is 4.45. The largest absolute Gasteiger partial charge is 0.383 e. The van der Waals surface area contributed by atoms with Crippen molar-refractivity contribution in [2.45, 2.75) is 44.2 Å². The van der Waals surface area contributed by atoms with Crippen LogP contribution in [0, 0.1) is 0 Å². The molecule has 3 heterocycles. The second-order valence-electron chi connectivity index (χ2n) is 6.89. The van der Waals surface area contributed by atoms with Gasteiger partial charge in [-0.2, -0.15) is 0 Å². The smallest absolute Gasteiger partial charge is 0.223 e. The van der Waals surface area contributed by atoms with E-state index in [-0.39, 0.29) is 5.54 Å². The Labute approximate surface area is 138 Å². The van der Waals surface area contributed by atoms with Crippen LogP contribution in [-0.2, 0) is 23.1 Å². The second-order valence-corrected chi connectivity index (χ2v) is 6.89. The van der Waals surface area contributed by atoms with Gasteiger partial charge in [-0.15, -0.1) is 0 Å². The lowest BCUT2D eigenvalue weighted by atomic mass is 9.88. The molecule has 1 atom stereocenters. The molecule has 2 aliphatic heterocycles. The maximum absolute atomic E-state index is 12.3. The van der Waals surface area contributed by atoms with Crippen LogP contribution in [0.4, 0.5) is 0 Å². The molecule has 23 heavy (non-hydrogen) atoms. The summed E-state index contributed by atoms with van der Waals surface area (Å²) in [6.07, 6.45) is 8.85. The molecule has 0 bridgehead atoms. The van der Waals surface area contributed by atoms with Gasteiger partial charge in [-0.3, -0.25) is 9.69 Å². The van der Waals surface area contributed by atoms with Crippen LogP contribution in [0.1, 0.15) is 37.8 Å². The topological polar surface area (TPSA) is 50.6 Å². The van der Waals surface area contributed by atoms with E-state index < -0.39 is 0 Å². The zero-order valence-corrected chi connectivity index (χ0v) is 14.3. The summed E-state index contributed by atoms with van der Waals surface area (Å²) in [5.41, 5.74) is 1.32. The van der Waals surface area contributed by atoms with Gasteiger partial charge in [0, 0.05) is 51.9 Å². The number of amides is 1.